The Labute approximate surface area is 189 Å². The molecule has 0 unspecified atom stereocenters. The normalized spacial score (nSPS) is 13.5. The zero-order valence-corrected chi connectivity index (χ0v) is 18.6. The fourth-order valence-electron chi connectivity index (χ4n) is 3.58. The van der Waals surface area contributed by atoms with Crippen LogP contribution in [0.5, 0.6) is 0 Å². The number of anilines is 3. The fourth-order valence-corrected chi connectivity index (χ4v) is 3.58. The molecule has 0 saturated carbocycles. The molecule has 0 aliphatic heterocycles. The summed E-state index contributed by atoms with van der Waals surface area (Å²) in [7, 11) is 0. The lowest BCUT2D eigenvalue weighted by Crippen LogP contribution is -2.39. The van der Waals surface area contributed by atoms with Crippen LogP contribution in [0.15, 0.2) is 30.5 Å². The number of carbonyl (C=O) groups excluding carboxylic acids is 1. The van der Waals surface area contributed by atoms with Crippen LogP contribution in [-0.4, -0.2) is 39.2 Å². The van der Waals surface area contributed by atoms with Gasteiger partial charge in [-0.1, -0.05) is 19.9 Å². The third kappa shape index (κ3) is 5.72. The summed E-state index contributed by atoms with van der Waals surface area (Å²) in [5, 5.41) is 10.6. The van der Waals surface area contributed by atoms with Gasteiger partial charge in [-0.3, -0.25) is 9.48 Å². The van der Waals surface area contributed by atoms with E-state index in [1.54, 1.807) is 18.2 Å². The van der Waals surface area contributed by atoms with Crippen molar-refractivity contribution in [2.24, 2.45) is 17.4 Å². The van der Waals surface area contributed by atoms with Crippen molar-refractivity contribution in [2.45, 2.75) is 52.2 Å². The average molecular weight is 464 g/mol. The second-order valence-electron chi connectivity index (χ2n) is 8.40. The summed E-state index contributed by atoms with van der Waals surface area (Å²) in [6.07, 6.45) is -0.453. The first-order valence-corrected chi connectivity index (χ1v) is 10.6. The number of pyridine rings is 1. The molecule has 3 aromatic rings. The van der Waals surface area contributed by atoms with Gasteiger partial charge in [-0.05, 0) is 37.5 Å². The predicted molar refractivity (Wildman–Crippen MR) is 122 cm³/mol. The summed E-state index contributed by atoms with van der Waals surface area (Å²) in [6, 6.07) is 5.44. The second-order valence-corrected chi connectivity index (χ2v) is 8.40. The van der Waals surface area contributed by atoms with Crippen molar-refractivity contribution in [1.82, 2.24) is 14.8 Å². The summed E-state index contributed by atoms with van der Waals surface area (Å²) in [4.78, 5) is 16.3. The number of halogens is 3. The van der Waals surface area contributed by atoms with Gasteiger partial charge < -0.3 is 22.1 Å². The molecule has 0 aliphatic carbocycles. The SMILES string of the molecule is CC(C)C[C@@H](Nc1nc(Nc2cccc3c2cnn3CC(F)F)c(C(N)=O)cc1F)[C@H](C)N. The number of amides is 1. The predicted octanol–water partition coefficient (Wildman–Crippen LogP) is 3.85. The number of alkyl halides is 2. The summed E-state index contributed by atoms with van der Waals surface area (Å²) < 4.78 is 41.7. The Morgan fingerprint density at radius 1 is 1.21 bits per heavy atom. The van der Waals surface area contributed by atoms with Crippen LogP contribution in [0.3, 0.4) is 0 Å². The van der Waals surface area contributed by atoms with E-state index in [9.17, 15) is 18.0 Å². The van der Waals surface area contributed by atoms with E-state index in [2.05, 4.69) is 20.7 Å². The van der Waals surface area contributed by atoms with Gasteiger partial charge in [0.1, 0.15) is 12.4 Å². The molecule has 0 fully saturated rings. The van der Waals surface area contributed by atoms with E-state index >= 15 is 0 Å². The molecule has 8 nitrogen and oxygen atoms in total. The first-order chi connectivity index (χ1) is 15.6. The second kappa shape index (κ2) is 10.1. The van der Waals surface area contributed by atoms with Gasteiger partial charge in [0.15, 0.2) is 11.6 Å². The standard InChI is InChI=1S/C22H28F3N7O/c1-11(2)7-17(12(3)26)30-22-15(23)8-13(20(27)33)21(31-22)29-16-5-4-6-18-14(16)9-28-32(18)10-19(24)25/h4-6,8-9,11-12,17,19H,7,10,26H2,1-3H3,(H2,27,33)(H2,29,30,31)/t12-,17+/m0/s1. The van der Waals surface area contributed by atoms with E-state index in [-0.39, 0.29) is 29.3 Å². The van der Waals surface area contributed by atoms with Crippen LogP contribution in [0.1, 0.15) is 37.6 Å². The molecule has 1 aromatic carbocycles. The maximum absolute atomic E-state index is 14.8. The van der Waals surface area contributed by atoms with Gasteiger partial charge in [0.2, 0.25) is 0 Å². The number of rotatable bonds is 10. The minimum atomic E-state index is -2.57. The number of nitrogens with two attached hydrogens (primary N) is 2. The van der Waals surface area contributed by atoms with E-state index in [0.717, 1.165) is 6.07 Å². The molecule has 0 aliphatic rings. The Hall–Kier alpha value is -3.34. The van der Waals surface area contributed by atoms with E-state index in [1.165, 1.54) is 10.9 Å². The number of primary amides is 1. The summed E-state index contributed by atoms with van der Waals surface area (Å²) in [5.74, 6) is -1.37. The van der Waals surface area contributed by atoms with Gasteiger partial charge in [0.25, 0.3) is 12.3 Å². The zero-order chi connectivity index (χ0) is 24.3. The van der Waals surface area contributed by atoms with Crippen molar-refractivity contribution >= 4 is 34.1 Å². The zero-order valence-electron chi connectivity index (χ0n) is 18.6. The molecular formula is C22H28F3N7O. The largest absolute Gasteiger partial charge is 0.365 e. The average Bonchev–Trinajstić information content (AvgIpc) is 3.12. The van der Waals surface area contributed by atoms with Crippen LogP contribution < -0.4 is 22.1 Å². The molecule has 0 bridgehead atoms. The lowest BCUT2D eigenvalue weighted by molar-refractivity contribution is 0.1000. The molecule has 0 spiro atoms. The summed E-state index contributed by atoms with van der Waals surface area (Å²) in [5.41, 5.74) is 12.3. The summed E-state index contributed by atoms with van der Waals surface area (Å²) >= 11 is 0. The molecule has 178 valence electrons. The molecule has 2 atom stereocenters. The third-order valence-corrected chi connectivity index (χ3v) is 5.18. The van der Waals surface area contributed by atoms with E-state index in [1.807, 2.05) is 20.8 Å². The smallest absolute Gasteiger partial charge is 0.257 e. The Morgan fingerprint density at radius 3 is 2.55 bits per heavy atom. The van der Waals surface area contributed by atoms with Crippen LogP contribution in [0.2, 0.25) is 0 Å². The van der Waals surface area contributed by atoms with Crippen molar-refractivity contribution in [3.8, 4) is 0 Å². The Kier molecular flexibility index (Phi) is 7.42. The maximum Gasteiger partial charge on any atom is 0.257 e. The monoisotopic (exact) mass is 463 g/mol. The lowest BCUT2D eigenvalue weighted by atomic mass is 9.99. The van der Waals surface area contributed by atoms with E-state index in [0.29, 0.717) is 28.9 Å². The summed E-state index contributed by atoms with van der Waals surface area (Å²) in [6.45, 7) is 5.31. The van der Waals surface area contributed by atoms with Crippen molar-refractivity contribution in [3.63, 3.8) is 0 Å². The Bertz CT molecular complexity index is 1130. The quantitative estimate of drug-likeness (QED) is 0.362. The first kappa shape index (κ1) is 24.3. The molecule has 0 saturated heterocycles. The number of fused-ring (bicyclic) bond motifs is 1. The first-order valence-electron chi connectivity index (χ1n) is 10.6. The van der Waals surface area contributed by atoms with Crippen LogP contribution >= 0.6 is 0 Å². The maximum atomic E-state index is 14.8. The number of benzene rings is 1. The van der Waals surface area contributed by atoms with Gasteiger partial charge in [-0.15, -0.1) is 0 Å². The molecule has 3 rings (SSSR count). The third-order valence-electron chi connectivity index (χ3n) is 5.18. The highest BCUT2D eigenvalue weighted by atomic mass is 19.3. The highest BCUT2D eigenvalue weighted by molar-refractivity contribution is 6.00. The molecular weight excluding hydrogens is 435 g/mol. The molecule has 33 heavy (non-hydrogen) atoms. The van der Waals surface area contributed by atoms with Gasteiger partial charge in [-0.25, -0.2) is 18.2 Å². The van der Waals surface area contributed by atoms with Crippen molar-refractivity contribution < 1.29 is 18.0 Å². The minimum absolute atomic E-state index is 0.0217. The van der Waals surface area contributed by atoms with Crippen LogP contribution in [-0.2, 0) is 6.54 Å². The van der Waals surface area contributed by atoms with Gasteiger partial charge in [-0.2, -0.15) is 5.10 Å². The molecule has 2 aromatic heterocycles. The number of hydrogen-bond donors (Lipinski definition) is 4. The van der Waals surface area contributed by atoms with Crippen LogP contribution in [0.4, 0.5) is 30.5 Å². The van der Waals surface area contributed by atoms with Crippen molar-refractivity contribution in [2.75, 3.05) is 10.6 Å². The lowest BCUT2D eigenvalue weighted by Gasteiger charge is -2.25. The number of hydrogen-bond acceptors (Lipinski definition) is 6. The Balaban J connectivity index is 2.01. The van der Waals surface area contributed by atoms with Crippen molar-refractivity contribution in [1.29, 1.82) is 0 Å². The fraction of sp³-hybridized carbons (Fsp3) is 0.409. The number of nitrogens with zero attached hydrogens (tertiary/aromatic N) is 3. The molecule has 6 N–H and O–H groups in total. The van der Waals surface area contributed by atoms with Gasteiger partial charge >= 0.3 is 0 Å². The topological polar surface area (TPSA) is 124 Å². The van der Waals surface area contributed by atoms with Crippen LogP contribution in [0.25, 0.3) is 10.9 Å². The van der Waals surface area contributed by atoms with E-state index in [4.69, 9.17) is 11.5 Å². The van der Waals surface area contributed by atoms with E-state index < -0.39 is 24.7 Å². The Morgan fingerprint density at radius 2 is 1.94 bits per heavy atom. The number of aromatic nitrogens is 3. The van der Waals surface area contributed by atoms with Crippen LogP contribution in [0, 0.1) is 11.7 Å². The van der Waals surface area contributed by atoms with Gasteiger partial charge in [0, 0.05) is 17.5 Å². The highest BCUT2D eigenvalue weighted by Gasteiger charge is 2.22. The number of nitrogens with one attached hydrogen (secondary N) is 2. The highest BCUT2D eigenvalue weighted by Crippen LogP contribution is 2.29. The number of carbonyl (C=O) groups is 1. The molecule has 11 heteroatoms. The molecule has 2 heterocycles. The molecule has 0 radical (unpaired) electrons. The molecule has 1 amide bonds. The van der Waals surface area contributed by atoms with Gasteiger partial charge in [0.05, 0.1) is 23.0 Å². The van der Waals surface area contributed by atoms with Crippen molar-refractivity contribution in [3.05, 3.63) is 41.8 Å². The minimum Gasteiger partial charge on any atom is -0.365 e.